The van der Waals surface area contributed by atoms with Crippen molar-refractivity contribution in [3.63, 3.8) is 0 Å². The van der Waals surface area contributed by atoms with E-state index in [0.717, 1.165) is 17.7 Å². The predicted octanol–water partition coefficient (Wildman–Crippen LogP) is 7.75. The Morgan fingerprint density at radius 2 is 1.73 bits per heavy atom. The van der Waals surface area contributed by atoms with E-state index in [1.165, 1.54) is 16.7 Å². The van der Waals surface area contributed by atoms with E-state index < -0.39 is 0 Å². The third kappa shape index (κ3) is 8.25. The molecule has 0 saturated carbocycles. The molecule has 0 saturated heterocycles. The van der Waals surface area contributed by atoms with E-state index in [1.54, 1.807) is 0 Å². The fourth-order valence-corrected chi connectivity index (χ4v) is 4.59. The lowest BCUT2D eigenvalue weighted by Gasteiger charge is -2.24. The molecule has 0 aliphatic heterocycles. The van der Waals surface area contributed by atoms with Crippen LogP contribution in [0.4, 0.5) is 0 Å². The summed E-state index contributed by atoms with van der Waals surface area (Å²) in [5.41, 5.74) is 5.84. The summed E-state index contributed by atoms with van der Waals surface area (Å²) in [5.74, 6) is 5.96. The van der Waals surface area contributed by atoms with Gasteiger partial charge in [0, 0.05) is 27.7 Å². The highest BCUT2D eigenvalue weighted by atomic mass is 16.1. The lowest BCUT2D eigenvalue weighted by atomic mass is 9.81. The van der Waals surface area contributed by atoms with Gasteiger partial charge in [-0.15, -0.1) is 5.92 Å². The van der Waals surface area contributed by atoms with Gasteiger partial charge in [-0.25, -0.2) is 0 Å². The highest BCUT2D eigenvalue weighted by molar-refractivity contribution is 5.98. The van der Waals surface area contributed by atoms with Crippen LogP contribution < -0.4 is 5.32 Å². The molecule has 0 radical (unpaired) electrons. The van der Waals surface area contributed by atoms with Crippen molar-refractivity contribution in [3.05, 3.63) is 82.2 Å². The Morgan fingerprint density at radius 1 is 1.06 bits per heavy atom. The predicted molar refractivity (Wildman–Crippen MR) is 142 cm³/mol. The van der Waals surface area contributed by atoms with Crippen molar-refractivity contribution in [2.45, 2.75) is 75.7 Å². The van der Waals surface area contributed by atoms with Crippen LogP contribution in [0.2, 0.25) is 0 Å². The van der Waals surface area contributed by atoms with E-state index in [2.05, 4.69) is 116 Å². The number of allylic oxidation sites excluding steroid dienone is 11. The topological polar surface area (TPSA) is 29.1 Å². The monoisotopic (exact) mass is 443 g/mol. The minimum atomic E-state index is -0.167. The summed E-state index contributed by atoms with van der Waals surface area (Å²) in [5, 5.41) is 3.18. The second-order valence-corrected chi connectivity index (χ2v) is 11.5. The molecule has 2 heteroatoms. The van der Waals surface area contributed by atoms with Gasteiger partial charge in [0.15, 0.2) is 0 Å². The van der Waals surface area contributed by atoms with Gasteiger partial charge in [0.05, 0.1) is 0 Å². The van der Waals surface area contributed by atoms with Crippen LogP contribution in [0.15, 0.2) is 82.2 Å². The number of hydrogen-bond acceptors (Lipinski definition) is 1. The first-order valence-electron chi connectivity index (χ1n) is 11.8. The fourth-order valence-electron chi connectivity index (χ4n) is 4.59. The molecule has 33 heavy (non-hydrogen) atoms. The lowest BCUT2D eigenvalue weighted by molar-refractivity contribution is -0.116. The molecule has 0 bridgehead atoms. The van der Waals surface area contributed by atoms with E-state index in [1.807, 2.05) is 19.1 Å². The number of carbonyl (C=O) groups is 1. The molecule has 0 aromatic carbocycles. The van der Waals surface area contributed by atoms with Gasteiger partial charge in [0.25, 0.3) is 5.91 Å². The van der Waals surface area contributed by atoms with Gasteiger partial charge in [-0.1, -0.05) is 95.1 Å². The Morgan fingerprint density at radius 3 is 2.33 bits per heavy atom. The summed E-state index contributed by atoms with van der Waals surface area (Å²) in [6, 6.07) is 0. The number of hydrogen-bond donors (Lipinski definition) is 1. The number of amides is 1. The zero-order chi connectivity index (χ0) is 25.0. The first-order chi connectivity index (χ1) is 15.1. The van der Waals surface area contributed by atoms with Gasteiger partial charge in [-0.05, 0) is 57.3 Å². The van der Waals surface area contributed by atoms with Crippen molar-refractivity contribution in [2.75, 3.05) is 0 Å². The van der Waals surface area contributed by atoms with Gasteiger partial charge in [-0.2, -0.15) is 0 Å². The Hall–Kier alpha value is -2.79. The molecule has 1 amide bonds. The molecule has 2 aliphatic carbocycles. The second kappa shape index (κ2) is 10.0. The van der Waals surface area contributed by atoms with Crippen molar-refractivity contribution in [3.8, 4) is 11.8 Å². The SMILES string of the molecule is CC#CC1=CC(C)(C)C=CC(C(=O)NC2=CC(C)(C)C=C(C)C(CC(C)(C)C=C(C)C)=C2)=C1. The molecular weight excluding hydrogens is 402 g/mol. The summed E-state index contributed by atoms with van der Waals surface area (Å²) in [4.78, 5) is 13.3. The van der Waals surface area contributed by atoms with Crippen LogP contribution in [0, 0.1) is 28.1 Å². The minimum absolute atomic E-state index is 0.0278. The van der Waals surface area contributed by atoms with Gasteiger partial charge in [0.2, 0.25) is 0 Å². The van der Waals surface area contributed by atoms with Crippen LogP contribution >= 0.6 is 0 Å². The number of rotatable bonds is 5. The van der Waals surface area contributed by atoms with Crippen molar-refractivity contribution < 1.29 is 4.79 Å². The van der Waals surface area contributed by atoms with E-state index in [9.17, 15) is 4.79 Å². The Balaban J connectivity index is 2.41. The molecular formula is C31H41NO. The van der Waals surface area contributed by atoms with Gasteiger partial charge < -0.3 is 5.32 Å². The van der Waals surface area contributed by atoms with Crippen LogP contribution in [0.5, 0.6) is 0 Å². The summed E-state index contributed by atoms with van der Waals surface area (Å²) in [7, 11) is 0. The van der Waals surface area contributed by atoms with E-state index >= 15 is 0 Å². The average molecular weight is 444 g/mol. The van der Waals surface area contributed by atoms with E-state index in [0.29, 0.717) is 5.57 Å². The smallest absolute Gasteiger partial charge is 0.255 e. The number of nitrogens with one attached hydrogen (secondary N) is 1. The maximum atomic E-state index is 13.3. The van der Waals surface area contributed by atoms with Gasteiger partial charge >= 0.3 is 0 Å². The molecule has 1 N–H and O–H groups in total. The second-order valence-electron chi connectivity index (χ2n) is 11.5. The maximum Gasteiger partial charge on any atom is 0.255 e. The largest absolute Gasteiger partial charge is 0.322 e. The van der Waals surface area contributed by atoms with Crippen molar-refractivity contribution in [1.82, 2.24) is 5.32 Å². The molecule has 2 nitrogen and oxygen atoms in total. The van der Waals surface area contributed by atoms with Gasteiger partial charge in [-0.3, -0.25) is 4.79 Å². The Labute approximate surface area is 202 Å². The Bertz CT molecular complexity index is 1080. The van der Waals surface area contributed by atoms with Crippen LogP contribution in [0.25, 0.3) is 0 Å². The summed E-state index contributed by atoms with van der Waals surface area (Å²) >= 11 is 0. The molecule has 0 fully saturated rings. The summed E-state index contributed by atoms with van der Waals surface area (Å²) < 4.78 is 0. The standard InChI is InChI=1S/C31H41NO/c1-11-12-24-15-25(13-14-29(5,6)19-24)28(33)32-27-16-26(20-30(7,8)17-22(2)3)23(4)18-31(9,10)21-27/h13-19,21H,20H2,1-10H3,(H,32,33). The normalized spacial score (nSPS) is 19.3. The molecule has 0 heterocycles. The average Bonchev–Trinajstić information content (AvgIpc) is 2.82. The van der Waals surface area contributed by atoms with E-state index in [-0.39, 0.29) is 22.2 Å². The zero-order valence-electron chi connectivity index (χ0n) is 22.2. The molecule has 0 aromatic rings. The van der Waals surface area contributed by atoms with E-state index in [4.69, 9.17) is 0 Å². The van der Waals surface area contributed by atoms with Crippen molar-refractivity contribution in [1.29, 1.82) is 0 Å². The fraction of sp³-hybridized carbons (Fsp3) is 0.452. The first-order valence-corrected chi connectivity index (χ1v) is 11.8. The minimum Gasteiger partial charge on any atom is -0.322 e. The van der Waals surface area contributed by atoms with Crippen LogP contribution in [0.1, 0.15) is 75.7 Å². The third-order valence-corrected chi connectivity index (χ3v) is 5.60. The molecule has 2 rings (SSSR count). The van der Waals surface area contributed by atoms with Crippen molar-refractivity contribution in [2.24, 2.45) is 16.2 Å². The van der Waals surface area contributed by atoms with Crippen LogP contribution in [0.3, 0.4) is 0 Å². The highest BCUT2D eigenvalue weighted by Gasteiger charge is 2.24. The van der Waals surface area contributed by atoms with Crippen molar-refractivity contribution >= 4 is 5.91 Å². The maximum absolute atomic E-state index is 13.3. The highest BCUT2D eigenvalue weighted by Crippen LogP contribution is 2.36. The molecule has 0 spiro atoms. The third-order valence-electron chi connectivity index (χ3n) is 5.60. The van der Waals surface area contributed by atoms with Crippen LogP contribution in [-0.2, 0) is 4.79 Å². The Kier molecular flexibility index (Phi) is 8.02. The number of carbonyl (C=O) groups excluding carboxylic acids is 1. The molecule has 2 aliphatic rings. The zero-order valence-corrected chi connectivity index (χ0v) is 22.2. The summed E-state index contributed by atoms with van der Waals surface area (Å²) in [6.45, 7) is 21.4. The first kappa shape index (κ1) is 26.5. The molecule has 176 valence electrons. The molecule has 0 unspecified atom stereocenters. The quantitative estimate of drug-likeness (QED) is 0.341. The van der Waals surface area contributed by atoms with Crippen LogP contribution in [-0.4, -0.2) is 5.91 Å². The molecule has 0 atom stereocenters. The van der Waals surface area contributed by atoms with Gasteiger partial charge in [0.1, 0.15) is 0 Å². The lowest BCUT2D eigenvalue weighted by Crippen LogP contribution is -2.24. The summed E-state index contributed by atoms with van der Waals surface area (Å²) in [6.07, 6.45) is 17.8. The molecule has 0 aromatic heterocycles.